The van der Waals surface area contributed by atoms with Gasteiger partial charge in [-0.1, -0.05) is 12.1 Å². The smallest absolute Gasteiger partial charge is 0.235 e. The monoisotopic (exact) mass is 576 g/mol. The molecule has 2 fully saturated rings. The summed E-state index contributed by atoms with van der Waals surface area (Å²) in [6, 6.07) is 8.10. The van der Waals surface area contributed by atoms with Gasteiger partial charge in [-0.3, -0.25) is 28.9 Å². The molecule has 0 aromatic heterocycles. The number of hydrogen-bond acceptors (Lipinski definition) is 10. The summed E-state index contributed by atoms with van der Waals surface area (Å²) in [7, 11) is 10.5. The van der Waals surface area contributed by atoms with E-state index in [1.54, 1.807) is 14.1 Å². The topological polar surface area (TPSA) is 162 Å². The Morgan fingerprint density at radius 1 is 0.976 bits per heavy atom. The van der Waals surface area contributed by atoms with E-state index in [2.05, 4.69) is 0 Å². The minimum Gasteiger partial charge on any atom is -0.507 e. The summed E-state index contributed by atoms with van der Waals surface area (Å²) in [5, 5.41) is 23.4. The average molecular weight is 577 g/mol. The van der Waals surface area contributed by atoms with Gasteiger partial charge in [0.05, 0.1) is 17.5 Å². The first kappa shape index (κ1) is 29.4. The highest BCUT2D eigenvalue weighted by molar-refractivity contribution is 6.32. The van der Waals surface area contributed by atoms with Crippen molar-refractivity contribution in [2.75, 3.05) is 52.1 Å². The number of carbonyl (C=O) groups excluding carboxylic acids is 5. The molecule has 0 radical (unpaired) electrons. The van der Waals surface area contributed by atoms with Crippen LogP contribution in [0.5, 0.6) is 5.75 Å². The molecule has 0 heterocycles. The number of phenolic OH excluding ortho intramolecular Hbond substituents is 1. The third-order valence-corrected chi connectivity index (χ3v) is 9.19. The second-order valence-electron chi connectivity index (χ2n) is 12.3. The fraction of sp³-hybridized carbons (Fsp3) is 0.452. The van der Waals surface area contributed by atoms with Crippen LogP contribution in [0.3, 0.4) is 0 Å². The highest BCUT2D eigenvalue weighted by atomic mass is 16.3. The number of phenols is 1. The van der Waals surface area contributed by atoms with Crippen LogP contribution >= 0.6 is 0 Å². The molecule has 0 saturated heterocycles. The Hall–Kier alpha value is -4.09. The minimum absolute atomic E-state index is 0.00412. The van der Waals surface area contributed by atoms with E-state index in [1.807, 2.05) is 68.3 Å². The number of anilines is 2. The Labute approximate surface area is 243 Å². The normalized spacial score (nSPS) is 28.7. The quantitative estimate of drug-likeness (QED) is 0.431. The van der Waals surface area contributed by atoms with Crippen LogP contribution in [0.25, 0.3) is 11.1 Å². The molecule has 0 spiro atoms. The van der Waals surface area contributed by atoms with Gasteiger partial charge in [-0.05, 0) is 62.2 Å². The zero-order valence-corrected chi connectivity index (χ0v) is 24.5. The third-order valence-electron chi connectivity index (χ3n) is 9.19. The van der Waals surface area contributed by atoms with Crippen LogP contribution in [0.4, 0.5) is 11.4 Å². The van der Waals surface area contributed by atoms with E-state index in [1.165, 1.54) is 4.90 Å². The van der Waals surface area contributed by atoms with E-state index in [9.17, 15) is 34.2 Å². The molecule has 222 valence electrons. The Kier molecular flexibility index (Phi) is 7.02. The highest BCUT2D eigenvalue weighted by Gasteiger charge is 2.69. The lowest BCUT2D eigenvalue weighted by Gasteiger charge is -2.52. The van der Waals surface area contributed by atoms with E-state index < -0.39 is 64.4 Å². The number of aliphatic hydroxyl groups is 1. The van der Waals surface area contributed by atoms with Gasteiger partial charge >= 0.3 is 0 Å². The standard InChI is InChI=1S/C31H36N4O7/c1-33(2)16-9-7-8-14(10-16)17-13-20(34(3)4)18-11-15-12-19-24(35(5)6)27(38)23(30(32)41)29(40)31(19,42)28(39)21(15)26(37)22(18)25(17)36/h7-10,13,15,19,21,23-24,36,42H,11-12H2,1-6H3,(H2,32,41)/t15-,19-,21?,23?,24-,31-/m0/s1. The van der Waals surface area contributed by atoms with Gasteiger partial charge in [0.2, 0.25) is 5.91 Å². The lowest BCUT2D eigenvalue weighted by molar-refractivity contribution is -0.181. The van der Waals surface area contributed by atoms with Crippen LogP contribution in [-0.2, 0) is 25.6 Å². The third kappa shape index (κ3) is 4.05. The predicted molar refractivity (Wildman–Crippen MR) is 155 cm³/mol. The predicted octanol–water partition coefficient (Wildman–Crippen LogP) is 0.666. The number of amides is 1. The second-order valence-corrected chi connectivity index (χ2v) is 12.3. The summed E-state index contributed by atoms with van der Waals surface area (Å²) in [4.78, 5) is 72.5. The summed E-state index contributed by atoms with van der Waals surface area (Å²) < 4.78 is 0. The van der Waals surface area contributed by atoms with E-state index in [0.717, 1.165) is 5.69 Å². The lowest BCUT2D eigenvalue weighted by Crippen LogP contribution is -2.74. The van der Waals surface area contributed by atoms with Crippen molar-refractivity contribution in [1.29, 1.82) is 0 Å². The molecule has 1 amide bonds. The fourth-order valence-electron chi connectivity index (χ4n) is 7.22. The van der Waals surface area contributed by atoms with Gasteiger partial charge in [0.1, 0.15) is 5.75 Å². The lowest BCUT2D eigenvalue weighted by atomic mass is 9.52. The summed E-state index contributed by atoms with van der Waals surface area (Å²) >= 11 is 0. The van der Waals surface area contributed by atoms with E-state index in [-0.39, 0.29) is 24.2 Å². The number of rotatable bonds is 5. The Bertz CT molecular complexity index is 1550. The molecular formula is C31H36N4O7. The van der Waals surface area contributed by atoms with Crippen LogP contribution in [0.2, 0.25) is 0 Å². The van der Waals surface area contributed by atoms with Crippen molar-refractivity contribution in [2.24, 2.45) is 29.4 Å². The van der Waals surface area contributed by atoms with Gasteiger partial charge in [0, 0.05) is 51.0 Å². The van der Waals surface area contributed by atoms with Crippen molar-refractivity contribution < 1.29 is 34.2 Å². The molecule has 6 atom stereocenters. The number of ketones is 4. The van der Waals surface area contributed by atoms with Gasteiger partial charge in [-0.15, -0.1) is 0 Å². The summed E-state index contributed by atoms with van der Waals surface area (Å²) in [5.74, 6) is -10.6. The number of benzene rings is 2. The number of primary amides is 1. The molecule has 5 rings (SSSR count). The van der Waals surface area contributed by atoms with Crippen molar-refractivity contribution in [3.05, 3.63) is 41.5 Å². The van der Waals surface area contributed by atoms with E-state index in [0.29, 0.717) is 22.4 Å². The molecular weight excluding hydrogens is 540 g/mol. The first-order valence-electron chi connectivity index (χ1n) is 13.8. The van der Waals surface area contributed by atoms with Crippen molar-refractivity contribution in [2.45, 2.75) is 24.5 Å². The number of likely N-dealkylation sites (N-methyl/N-ethyl adjacent to an activating group) is 1. The molecule has 3 aliphatic rings. The van der Waals surface area contributed by atoms with Gasteiger partial charge in [0.15, 0.2) is 34.7 Å². The molecule has 42 heavy (non-hydrogen) atoms. The Morgan fingerprint density at radius 2 is 1.64 bits per heavy atom. The summed E-state index contributed by atoms with van der Waals surface area (Å²) in [6.45, 7) is 0. The summed E-state index contributed by atoms with van der Waals surface area (Å²) in [5.41, 5.74) is 5.78. The number of nitrogens with zero attached hydrogens (tertiary/aromatic N) is 3. The van der Waals surface area contributed by atoms with Gasteiger partial charge < -0.3 is 25.7 Å². The van der Waals surface area contributed by atoms with Crippen LogP contribution in [0.1, 0.15) is 22.3 Å². The zero-order chi connectivity index (χ0) is 31.0. The van der Waals surface area contributed by atoms with Gasteiger partial charge in [-0.2, -0.15) is 0 Å². The van der Waals surface area contributed by atoms with Crippen LogP contribution in [0, 0.1) is 23.7 Å². The van der Waals surface area contributed by atoms with Crippen molar-refractivity contribution in [1.82, 2.24) is 4.90 Å². The number of fused-ring (bicyclic) bond motifs is 3. The van der Waals surface area contributed by atoms with Crippen molar-refractivity contribution in [3.8, 4) is 16.9 Å². The molecule has 2 saturated carbocycles. The van der Waals surface area contributed by atoms with E-state index in [4.69, 9.17) is 5.73 Å². The van der Waals surface area contributed by atoms with Gasteiger partial charge in [0.25, 0.3) is 0 Å². The zero-order valence-electron chi connectivity index (χ0n) is 24.5. The second kappa shape index (κ2) is 10.0. The number of hydrogen-bond donors (Lipinski definition) is 3. The fourth-order valence-corrected chi connectivity index (χ4v) is 7.22. The number of carbonyl (C=O) groups is 5. The molecule has 2 unspecified atom stereocenters. The molecule has 2 aromatic carbocycles. The SMILES string of the molecule is CN(C)c1cccc(-c2cc(N(C)C)c3c(c2O)C(=O)C2C(=O)[C@]4(O)C(=O)C(C(N)=O)C(=O)[C@@H](N(C)C)[C@@H]4C[C@@H]2C3)c1. The molecule has 0 aliphatic heterocycles. The number of aromatic hydroxyl groups is 1. The molecule has 11 nitrogen and oxygen atoms in total. The average Bonchev–Trinajstić information content (AvgIpc) is 2.90. The molecule has 11 heteroatoms. The highest BCUT2D eigenvalue weighted by Crippen LogP contribution is 2.53. The van der Waals surface area contributed by atoms with Crippen LogP contribution < -0.4 is 15.5 Å². The first-order chi connectivity index (χ1) is 19.6. The minimum atomic E-state index is -2.76. The largest absolute Gasteiger partial charge is 0.507 e. The maximum Gasteiger partial charge on any atom is 0.235 e. The molecule has 3 aliphatic carbocycles. The van der Waals surface area contributed by atoms with Crippen molar-refractivity contribution in [3.63, 3.8) is 0 Å². The maximum atomic E-state index is 14.2. The number of Topliss-reactive ketones (excluding diaryl/α,β-unsaturated/α-hetero) is 4. The Morgan fingerprint density at radius 3 is 2.21 bits per heavy atom. The maximum absolute atomic E-state index is 14.2. The summed E-state index contributed by atoms with van der Waals surface area (Å²) in [6.07, 6.45) is 0.203. The number of nitrogens with two attached hydrogens (primary N) is 1. The van der Waals surface area contributed by atoms with E-state index >= 15 is 0 Å². The van der Waals surface area contributed by atoms with Crippen LogP contribution in [0.15, 0.2) is 30.3 Å². The Balaban J connectivity index is 1.69. The van der Waals surface area contributed by atoms with Gasteiger partial charge in [-0.25, -0.2) is 0 Å². The molecule has 0 bridgehead atoms. The van der Waals surface area contributed by atoms with Crippen LogP contribution in [-0.4, -0.2) is 98.1 Å². The molecule has 4 N–H and O–H groups in total. The molecule has 2 aromatic rings. The van der Waals surface area contributed by atoms with Crippen molar-refractivity contribution >= 4 is 40.4 Å². The first-order valence-corrected chi connectivity index (χ1v) is 13.8.